The Morgan fingerprint density at radius 2 is 1.68 bits per heavy atom. The summed E-state index contributed by atoms with van der Waals surface area (Å²) in [4.78, 5) is 50.5. The van der Waals surface area contributed by atoms with Crippen LogP contribution >= 0.6 is 11.6 Å². The minimum absolute atomic E-state index is 0.0249. The summed E-state index contributed by atoms with van der Waals surface area (Å²) in [6.07, 6.45) is 0.130. The maximum atomic E-state index is 13.6. The molecule has 0 fully saturated rings. The van der Waals surface area contributed by atoms with Crippen molar-refractivity contribution in [3.63, 3.8) is 0 Å². The summed E-state index contributed by atoms with van der Waals surface area (Å²) in [6, 6.07) is 18.1. The fraction of sp³-hybridized carbons (Fsp3) is 0.167. The summed E-state index contributed by atoms with van der Waals surface area (Å²) in [5.74, 6) is -1.84. The zero-order valence-electron chi connectivity index (χ0n) is 22.0. The number of nitrogens with zero attached hydrogens (tertiary/aromatic N) is 2. The van der Waals surface area contributed by atoms with Crippen LogP contribution in [0.5, 0.6) is 5.88 Å². The largest absolute Gasteiger partial charge is 0.480 e. The minimum Gasteiger partial charge on any atom is -0.480 e. The molecule has 0 aliphatic rings. The second-order valence-electron chi connectivity index (χ2n) is 9.17. The van der Waals surface area contributed by atoms with E-state index in [1.54, 1.807) is 18.2 Å². The fourth-order valence-electron chi connectivity index (χ4n) is 4.23. The van der Waals surface area contributed by atoms with Gasteiger partial charge in [0, 0.05) is 28.8 Å². The van der Waals surface area contributed by atoms with Crippen molar-refractivity contribution in [3.8, 4) is 17.0 Å². The monoisotopic (exact) mass is 559 g/mol. The van der Waals surface area contributed by atoms with Gasteiger partial charge >= 0.3 is 5.97 Å². The van der Waals surface area contributed by atoms with E-state index < -0.39 is 23.5 Å². The number of hydrogen-bond acceptors (Lipinski definition) is 6. The van der Waals surface area contributed by atoms with Crippen molar-refractivity contribution in [3.05, 3.63) is 110 Å². The number of aromatic nitrogens is 2. The molecule has 9 nitrogen and oxygen atoms in total. The third kappa shape index (κ3) is 6.27. The predicted octanol–water partition coefficient (Wildman–Crippen LogP) is 5.20. The molecule has 0 saturated carbocycles. The molecular weight excluding hydrogens is 534 g/mol. The van der Waals surface area contributed by atoms with Gasteiger partial charge in [-0.15, -0.1) is 5.10 Å². The van der Waals surface area contributed by atoms with E-state index in [-0.39, 0.29) is 29.2 Å². The summed E-state index contributed by atoms with van der Waals surface area (Å²) in [5, 5.41) is 16.7. The lowest BCUT2D eigenvalue weighted by atomic mass is 9.98. The number of ether oxygens (including phenoxy) is 1. The van der Waals surface area contributed by atoms with Gasteiger partial charge in [0.2, 0.25) is 11.8 Å². The van der Waals surface area contributed by atoms with Crippen molar-refractivity contribution in [2.75, 3.05) is 12.4 Å². The maximum Gasteiger partial charge on any atom is 0.335 e. The van der Waals surface area contributed by atoms with Gasteiger partial charge in [0.05, 0.1) is 18.2 Å². The Morgan fingerprint density at radius 1 is 1.00 bits per heavy atom. The van der Waals surface area contributed by atoms with Gasteiger partial charge in [-0.25, -0.2) is 9.48 Å². The van der Waals surface area contributed by atoms with E-state index in [2.05, 4.69) is 10.4 Å². The first-order valence-corrected chi connectivity index (χ1v) is 12.6. The number of carbonyl (C=O) groups is 3. The third-order valence-electron chi connectivity index (χ3n) is 6.31. The Balaban J connectivity index is 1.80. The number of amides is 1. The highest BCUT2D eigenvalue weighted by atomic mass is 35.5. The number of aryl methyl sites for hydroxylation is 1. The number of Topliss-reactive ketones (excluding diaryl/α,β-unsaturated/α-hetero) is 1. The summed E-state index contributed by atoms with van der Waals surface area (Å²) in [5.41, 5.74) is 2.62. The van der Waals surface area contributed by atoms with Crippen LogP contribution in [-0.4, -0.2) is 39.7 Å². The van der Waals surface area contributed by atoms with Crippen molar-refractivity contribution in [2.24, 2.45) is 0 Å². The number of aromatic carboxylic acids is 1. The molecule has 0 spiro atoms. The van der Waals surface area contributed by atoms with Gasteiger partial charge in [-0.05, 0) is 67.4 Å². The molecule has 4 aromatic rings. The van der Waals surface area contributed by atoms with Crippen LogP contribution in [0.3, 0.4) is 0 Å². The first-order chi connectivity index (χ1) is 19.1. The first kappa shape index (κ1) is 28.3. The number of hydrogen-bond donors (Lipinski definition) is 2. The Kier molecular flexibility index (Phi) is 8.45. The number of carboxylic acid groups (broad SMARTS) is 1. The molecule has 40 heavy (non-hydrogen) atoms. The van der Waals surface area contributed by atoms with Crippen molar-refractivity contribution in [2.45, 2.75) is 26.3 Å². The molecule has 1 aromatic heterocycles. The Labute approximate surface area is 235 Å². The summed E-state index contributed by atoms with van der Waals surface area (Å²) in [7, 11) is 1.37. The number of benzene rings is 3. The molecule has 10 heteroatoms. The highest BCUT2D eigenvalue weighted by Crippen LogP contribution is 2.32. The van der Waals surface area contributed by atoms with E-state index in [0.29, 0.717) is 21.8 Å². The predicted molar refractivity (Wildman–Crippen MR) is 151 cm³/mol. The van der Waals surface area contributed by atoms with Crippen molar-refractivity contribution < 1.29 is 24.2 Å². The lowest BCUT2D eigenvalue weighted by molar-refractivity contribution is -0.119. The molecule has 4 rings (SSSR count). The number of methoxy groups -OCH3 is 1. The van der Waals surface area contributed by atoms with Gasteiger partial charge in [0.1, 0.15) is 6.04 Å². The second kappa shape index (κ2) is 12.0. The van der Waals surface area contributed by atoms with Gasteiger partial charge in [-0.2, -0.15) is 0 Å². The van der Waals surface area contributed by atoms with Crippen LogP contribution in [0, 0.1) is 6.92 Å². The molecule has 1 heterocycles. The average molecular weight is 560 g/mol. The Morgan fingerprint density at radius 3 is 2.27 bits per heavy atom. The Hall–Kier alpha value is -4.76. The van der Waals surface area contributed by atoms with Gasteiger partial charge in [0.15, 0.2) is 5.78 Å². The quantitative estimate of drug-likeness (QED) is 0.270. The number of ketones is 1. The molecule has 1 atom stereocenters. The zero-order chi connectivity index (χ0) is 29.0. The van der Waals surface area contributed by atoms with Crippen molar-refractivity contribution in [1.29, 1.82) is 0 Å². The van der Waals surface area contributed by atoms with Crippen LogP contribution in [0.1, 0.15) is 44.8 Å². The Bertz CT molecular complexity index is 1650. The summed E-state index contributed by atoms with van der Waals surface area (Å²) >= 11 is 6.19. The maximum absolute atomic E-state index is 13.6. The molecule has 0 aliphatic carbocycles. The third-order valence-corrected chi connectivity index (χ3v) is 6.55. The van der Waals surface area contributed by atoms with Gasteiger partial charge < -0.3 is 15.2 Å². The minimum atomic E-state index is -1.09. The van der Waals surface area contributed by atoms with Crippen LogP contribution in [0.4, 0.5) is 5.69 Å². The van der Waals surface area contributed by atoms with E-state index in [1.165, 1.54) is 44.4 Å². The number of nitrogens with one attached hydrogen (secondary N) is 1. The smallest absolute Gasteiger partial charge is 0.335 e. The highest BCUT2D eigenvalue weighted by Gasteiger charge is 2.26. The number of halogens is 1. The SMILES string of the molecule is COc1nn(C(Cc2ccc(C)cc2)C(=O)Nc2ccc(C(=O)O)cc2)c(=O)cc1-c1cc(Cl)ccc1C(C)=O. The molecule has 0 bridgehead atoms. The number of carbonyl (C=O) groups excluding carboxylic acids is 2. The van der Waals surface area contributed by atoms with Crippen molar-refractivity contribution in [1.82, 2.24) is 9.78 Å². The molecule has 0 saturated heterocycles. The van der Waals surface area contributed by atoms with E-state index >= 15 is 0 Å². The molecular formula is C30H26ClN3O6. The number of rotatable bonds is 9. The number of carboxylic acids is 1. The summed E-state index contributed by atoms with van der Waals surface area (Å²) in [6.45, 7) is 3.34. The number of anilines is 1. The molecule has 2 N–H and O–H groups in total. The zero-order valence-corrected chi connectivity index (χ0v) is 22.7. The first-order valence-electron chi connectivity index (χ1n) is 12.3. The molecule has 204 valence electrons. The molecule has 0 radical (unpaired) electrons. The second-order valence-corrected chi connectivity index (χ2v) is 9.61. The molecule has 0 aliphatic heterocycles. The van der Waals surface area contributed by atoms with Gasteiger partial charge in [-0.1, -0.05) is 41.4 Å². The molecule has 3 aromatic carbocycles. The lowest BCUT2D eigenvalue weighted by Gasteiger charge is -2.20. The molecule has 1 amide bonds. The van der Waals surface area contributed by atoms with Crippen LogP contribution in [0.15, 0.2) is 77.6 Å². The van der Waals surface area contributed by atoms with Crippen LogP contribution < -0.4 is 15.6 Å². The van der Waals surface area contributed by atoms with Crippen LogP contribution in [-0.2, 0) is 11.2 Å². The van der Waals surface area contributed by atoms with E-state index in [1.807, 2.05) is 31.2 Å². The van der Waals surface area contributed by atoms with Gasteiger partial charge in [0.25, 0.3) is 5.56 Å². The normalized spacial score (nSPS) is 11.5. The highest BCUT2D eigenvalue weighted by molar-refractivity contribution is 6.31. The topological polar surface area (TPSA) is 128 Å². The molecule has 1 unspecified atom stereocenters. The van der Waals surface area contributed by atoms with E-state index in [4.69, 9.17) is 21.4 Å². The average Bonchev–Trinajstić information content (AvgIpc) is 2.92. The van der Waals surface area contributed by atoms with Gasteiger partial charge in [-0.3, -0.25) is 14.4 Å². The fourth-order valence-corrected chi connectivity index (χ4v) is 4.40. The van der Waals surface area contributed by atoms with Crippen LogP contribution in [0.25, 0.3) is 11.1 Å². The van der Waals surface area contributed by atoms with E-state index in [0.717, 1.165) is 15.8 Å². The standard InChI is InChI=1S/C30H26ClN3O6/c1-17-4-6-19(7-5-17)14-26(28(37)32-22-11-8-20(9-12-22)30(38)39)34-27(36)16-25(29(33-34)40-3)24-15-21(31)10-13-23(24)18(2)35/h4-13,15-16,26H,14H2,1-3H3,(H,32,37)(H,38,39). The van der Waals surface area contributed by atoms with Crippen molar-refractivity contribution >= 4 is 34.9 Å². The lowest BCUT2D eigenvalue weighted by Crippen LogP contribution is -2.36. The summed E-state index contributed by atoms with van der Waals surface area (Å²) < 4.78 is 6.55. The van der Waals surface area contributed by atoms with E-state index in [9.17, 15) is 19.2 Å². The van der Waals surface area contributed by atoms with Crippen LogP contribution in [0.2, 0.25) is 5.02 Å².